The summed E-state index contributed by atoms with van der Waals surface area (Å²) in [7, 11) is 3.31. The summed E-state index contributed by atoms with van der Waals surface area (Å²) >= 11 is 9.66. The minimum atomic E-state index is -0.206. The van der Waals surface area contributed by atoms with Crippen molar-refractivity contribution in [3.05, 3.63) is 5.82 Å². The fraction of sp³-hybridized carbons (Fsp3) is 0.571. The first-order chi connectivity index (χ1) is 6.57. The van der Waals surface area contributed by atoms with Crippen LogP contribution in [-0.4, -0.2) is 45.5 Å². The fourth-order valence-corrected chi connectivity index (χ4v) is 1.35. The summed E-state index contributed by atoms with van der Waals surface area (Å²) in [5.41, 5.74) is 0. The highest BCUT2D eigenvalue weighted by molar-refractivity contribution is 7.80. The van der Waals surface area contributed by atoms with Gasteiger partial charge in [0.05, 0.1) is 0 Å². The zero-order chi connectivity index (χ0) is 10.7. The van der Waals surface area contributed by atoms with Crippen LogP contribution in [0.3, 0.4) is 0 Å². The van der Waals surface area contributed by atoms with Crippen LogP contribution in [0.5, 0.6) is 0 Å². The quantitative estimate of drug-likeness (QED) is 0.613. The van der Waals surface area contributed by atoms with Gasteiger partial charge in [-0.1, -0.05) is 0 Å². The number of aromatic nitrogens is 3. The van der Waals surface area contributed by atoms with Gasteiger partial charge in [0.15, 0.2) is 5.16 Å². The number of rotatable bonds is 3. The molecule has 14 heavy (non-hydrogen) atoms. The number of thiol groups is 1. The van der Waals surface area contributed by atoms with E-state index in [1.54, 1.807) is 18.7 Å². The van der Waals surface area contributed by atoms with Crippen molar-refractivity contribution in [2.24, 2.45) is 0 Å². The maximum absolute atomic E-state index is 11.6. The van der Waals surface area contributed by atoms with Crippen LogP contribution < -0.4 is 0 Å². The van der Waals surface area contributed by atoms with Crippen molar-refractivity contribution in [2.45, 2.75) is 11.7 Å². The van der Waals surface area contributed by atoms with Gasteiger partial charge in [-0.15, -0.1) is 34.4 Å². The normalized spacial score (nSPS) is 10.3. The summed E-state index contributed by atoms with van der Waals surface area (Å²) in [6.07, 6.45) is 0. The molecule has 0 radical (unpaired) electrons. The number of halogens is 1. The Balaban J connectivity index is 3.02. The Bertz CT molecular complexity index is 338. The molecule has 1 rings (SSSR count). The van der Waals surface area contributed by atoms with E-state index in [1.165, 1.54) is 4.90 Å². The molecule has 0 saturated carbocycles. The highest BCUT2D eigenvalue weighted by atomic mass is 35.5. The number of nitrogens with zero attached hydrogens (tertiary/aromatic N) is 4. The zero-order valence-electron chi connectivity index (χ0n) is 7.94. The third kappa shape index (κ3) is 2.19. The summed E-state index contributed by atoms with van der Waals surface area (Å²) < 4.78 is 1.58. The molecule has 0 aromatic carbocycles. The second-order valence-electron chi connectivity index (χ2n) is 2.86. The summed E-state index contributed by atoms with van der Waals surface area (Å²) in [5, 5.41) is 7.85. The Kier molecular flexibility index (Phi) is 3.77. The third-order valence-electron chi connectivity index (χ3n) is 1.64. The van der Waals surface area contributed by atoms with Crippen LogP contribution in [0, 0.1) is 0 Å². The maximum atomic E-state index is 11.6. The highest BCUT2D eigenvalue weighted by Crippen LogP contribution is 2.08. The fourth-order valence-electron chi connectivity index (χ4n) is 0.943. The Morgan fingerprint density at radius 3 is 2.71 bits per heavy atom. The Hall–Kier alpha value is -0.750. The van der Waals surface area contributed by atoms with Gasteiger partial charge in [0, 0.05) is 26.5 Å². The average molecular weight is 235 g/mol. The van der Waals surface area contributed by atoms with Gasteiger partial charge in [-0.05, 0) is 0 Å². The SMILES string of the molecule is CN(C)C(=O)c1nnc(S)n1CCCl. The van der Waals surface area contributed by atoms with Crippen molar-refractivity contribution in [3.63, 3.8) is 0 Å². The monoisotopic (exact) mass is 234 g/mol. The van der Waals surface area contributed by atoms with E-state index in [0.717, 1.165) is 0 Å². The molecule has 78 valence electrons. The number of amides is 1. The smallest absolute Gasteiger partial charge is 0.291 e. The molecular weight excluding hydrogens is 224 g/mol. The summed E-state index contributed by atoms with van der Waals surface area (Å²) in [5.74, 6) is 0.447. The topological polar surface area (TPSA) is 51.0 Å². The number of carbonyl (C=O) groups is 1. The standard InChI is InChI=1S/C7H11ClN4OS/c1-11(2)6(13)5-9-10-7(14)12(5)4-3-8/h3-4H2,1-2H3,(H,10,14). The predicted octanol–water partition coefficient (Wildman–Crippen LogP) is 0.507. The molecule has 0 aliphatic carbocycles. The van der Waals surface area contributed by atoms with Crippen LogP contribution in [0.4, 0.5) is 0 Å². The molecule has 1 aromatic rings. The molecule has 0 bridgehead atoms. The van der Waals surface area contributed by atoms with Crippen molar-refractivity contribution in [2.75, 3.05) is 20.0 Å². The molecule has 0 atom stereocenters. The molecule has 0 unspecified atom stereocenters. The molecular formula is C7H11ClN4OS. The van der Waals surface area contributed by atoms with Gasteiger partial charge in [-0.25, -0.2) is 0 Å². The van der Waals surface area contributed by atoms with Crippen LogP contribution >= 0.6 is 24.2 Å². The molecule has 1 aromatic heterocycles. The van der Waals surface area contributed by atoms with Gasteiger partial charge in [0.1, 0.15) is 0 Å². The molecule has 1 amide bonds. The molecule has 1 heterocycles. The van der Waals surface area contributed by atoms with Gasteiger partial charge in [-0.2, -0.15) is 0 Å². The van der Waals surface area contributed by atoms with Gasteiger partial charge in [0.25, 0.3) is 5.91 Å². The van der Waals surface area contributed by atoms with Crippen LogP contribution in [0.2, 0.25) is 0 Å². The van der Waals surface area contributed by atoms with E-state index in [9.17, 15) is 4.79 Å². The molecule has 0 fully saturated rings. The molecule has 5 nitrogen and oxygen atoms in total. The van der Waals surface area contributed by atoms with E-state index in [-0.39, 0.29) is 11.7 Å². The van der Waals surface area contributed by atoms with Gasteiger partial charge >= 0.3 is 0 Å². The van der Waals surface area contributed by atoms with Crippen LogP contribution in [0.25, 0.3) is 0 Å². The number of hydrogen-bond donors (Lipinski definition) is 1. The Morgan fingerprint density at radius 2 is 2.21 bits per heavy atom. The lowest BCUT2D eigenvalue weighted by atomic mass is 10.5. The molecule has 0 spiro atoms. The first kappa shape index (κ1) is 11.3. The molecule has 0 aliphatic rings. The summed E-state index contributed by atoms with van der Waals surface area (Å²) in [4.78, 5) is 13.0. The number of carbonyl (C=O) groups excluding carboxylic acids is 1. The number of alkyl halides is 1. The van der Waals surface area contributed by atoms with Crippen LogP contribution in [-0.2, 0) is 6.54 Å². The first-order valence-corrected chi connectivity index (χ1v) is 4.96. The summed E-state index contributed by atoms with van der Waals surface area (Å²) in [6.45, 7) is 0.475. The lowest BCUT2D eigenvalue weighted by Gasteiger charge is -2.10. The van der Waals surface area contributed by atoms with E-state index in [1.807, 2.05) is 0 Å². The van der Waals surface area contributed by atoms with Gasteiger partial charge in [-0.3, -0.25) is 9.36 Å². The van der Waals surface area contributed by atoms with E-state index in [4.69, 9.17) is 11.6 Å². The predicted molar refractivity (Wildman–Crippen MR) is 56.0 cm³/mol. The van der Waals surface area contributed by atoms with Crippen LogP contribution in [0.15, 0.2) is 5.16 Å². The third-order valence-corrected chi connectivity index (χ3v) is 2.14. The van der Waals surface area contributed by atoms with Crippen LogP contribution in [0.1, 0.15) is 10.6 Å². The Labute approximate surface area is 92.5 Å². The second-order valence-corrected chi connectivity index (χ2v) is 3.64. The summed E-state index contributed by atoms with van der Waals surface area (Å²) in [6, 6.07) is 0. The van der Waals surface area contributed by atoms with Crippen molar-refractivity contribution >= 4 is 30.1 Å². The minimum Gasteiger partial charge on any atom is -0.342 e. The van der Waals surface area contributed by atoms with Crippen molar-refractivity contribution < 1.29 is 4.79 Å². The lowest BCUT2D eigenvalue weighted by molar-refractivity contribution is 0.0810. The van der Waals surface area contributed by atoms with E-state index < -0.39 is 0 Å². The highest BCUT2D eigenvalue weighted by Gasteiger charge is 2.18. The first-order valence-electron chi connectivity index (χ1n) is 3.97. The van der Waals surface area contributed by atoms with E-state index in [2.05, 4.69) is 22.8 Å². The van der Waals surface area contributed by atoms with E-state index in [0.29, 0.717) is 17.6 Å². The second kappa shape index (κ2) is 4.65. The average Bonchev–Trinajstić information content (AvgIpc) is 2.48. The zero-order valence-corrected chi connectivity index (χ0v) is 9.59. The minimum absolute atomic E-state index is 0.206. The van der Waals surface area contributed by atoms with Crippen molar-refractivity contribution in [3.8, 4) is 0 Å². The van der Waals surface area contributed by atoms with Crippen molar-refractivity contribution in [1.82, 2.24) is 19.7 Å². The van der Waals surface area contributed by atoms with E-state index >= 15 is 0 Å². The molecule has 7 heteroatoms. The number of hydrogen-bond acceptors (Lipinski definition) is 4. The molecule has 0 N–H and O–H groups in total. The Morgan fingerprint density at radius 1 is 1.57 bits per heavy atom. The van der Waals surface area contributed by atoms with Gasteiger partial charge < -0.3 is 4.90 Å². The lowest BCUT2D eigenvalue weighted by Crippen LogP contribution is -2.25. The van der Waals surface area contributed by atoms with Gasteiger partial charge in [0.2, 0.25) is 5.82 Å². The molecule has 0 saturated heterocycles. The van der Waals surface area contributed by atoms with Crippen molar-refractivity contribution in [1.29, 1.82) is 0 Å². The largest absolute Gasteiger partial charge is 0.342 e. The molecule has 0 aliphatic heterocycles. The maximum Gasteiger partial charge on any atom is 0.291 e.